The summed E-state index contributed by atoms with van der Waals surface area (Å²) in [6.07, 6.45) is 8.48. The van der Waals surface area contributed by atoms with Gasteiger partial charge in [-0.2, -0.15) is 0 Å². The van der Waals surface area contributed by atoms with Crippen molar-refractivity contribution in [3.63, 3.8) is 0 Å². The first-order chi connectivity index (χ1) is 10.8. The second-order valence-electron chi connectivity index (χ2n) is 6.33. The summed E-state index contributed by atoms with van der Waals surface area (Å²) in [5, 5.41) is 18.1. The molecule has 1 aliphatic heterocycles. The molecule has 1 amide bonds. The number of aliphatic hydroxyl groups is 2. The van der Waals surface area contributed by atoms with E-state index in [1.54, 1.807) is 11.0 Å². The van der Waals surface area contributed by atoms with Gasteiger partial charge in [-0.3, -0.25) is 0 Å². The molecule has 134 valence electrons. The van der Waals surface area contributed by atoms with E-state index in [2.05, 4.69) is 0 Å². The highest BCUT2D eigenvalue weighted by Crippen LogP contribution is 2.14. The highest BCUT2D eigenvalue weighted by Gasteiger charge is 2.26. The molecule has 0 aromatic rings. The highest BCUT2D eigenvalue weighted by atomic mass is 16.6. The molecule has 1 heterocycles. The number of hydrogen-bond acceptors (Lipinski definition) is 4. The van der Waals surface area contributed by atoms with Crippen molar-refractivity contribution in [2.75, 3.05) is 13.1 Å². The fraction of sp³-hybridized carbons (Fsp3) is 0.722. The first kappa shape index (κ1) is 21.5. The van der Waals surface area contributed by atoms with E-state index in [0.29, 0.717) is 18.8 Å². The zero-order chi connectivity index (χ0) is 17.9. The molecule has 0 aromatic heterocycles. The number of β-amino-alcohol motifs (C(OH)–C–C–N with tert-alkyl or cyclic N) is 1. The average molecular weight is 327 g/mol. The van der Waals surface area contributed by atoms with E-state index in [9.17, 15) is 9.90 Å². The van der Waals surface area contributed by atoms with Crippen molar-refractivity contribution >= 4 is 6.09 Å². The summed E-state index contributed by atoms with van der Waals surface area (Å²) >= 11 is 0. The predicted octanol–water partition coefficient (Wildman–Crippen LogP) is 4.18. The van der Waals surface area contributed by atoms with Crippen LogP contribution in [-0.4, -0.2) is 46.0 Å². The number of carbonyl (C=O) groups is 1. The smallest absolute Gasteiger partial charge is 0.410 e. The molecule has 0 spiro atoms. The third kappa shape index (κ3) is 10.8. The number of amides is 1. The van der Waals surface area contributed by atoms with Gasteiger partial charge in [-0.15, -0.1) is 0 Å². The summed E-state index contributed by atoms with van der Waals surface area (Å²) in [5.41, 5.74) is -0.459. The van der Waals surface area contributed by atoms with Gasteiger partial charge in [0.1, 0.15) is 11.4 Å². The summed E-state index contributed by atoms with van der Waals surface area (Å²) in [7, 11) is 0. The van der Waals surface area contributed by atoms with Crippen molar-refractivity contribution in [1.82, 2.24) is 4.90 Å². The number of hydrogen-bond donors (Lipinski definition) is 2. The molecule has 0 unspecified atom stereocenters. The normalized spacial score (nSPS) is 20.3. The van der Waals surface area contributed by atoms with Crippen LogP contribution in [0, 0.1) is 0 Å². The number of piperidine rings is 1. The monoisotopic (exact) mass is 327 g/mol. The molecular weight excluding hydrogens is 294 g/mol. The van der Waals surface area contributed by atoms with Crippen LogP contribution in [0.3, 0.4) is 0 Å². The van der Waals surface area contributed by atoms with Gasteiger partial charge in [-0.1, -0.05) is 19.9 Å². The molecule has 2 N–H and O–H groups in total. The molecule has 5 heteroatoms. The molecule has 0 bridgehead atoms. The average Bonchev–Trinajstić information content (AvgIpc) is 2.49. The molecule has 1 atom stereocenters. The Balaban J connectivity index is 0.000000449. The van der Waals surface area contributed by atoms with Crippen LogP contribution in [-0.2, 0) is 4.74 Å². The van der Waals surface area contributed by atoms with Crippen LogP contribution in [0.25, 0.3) is 0 Å². The molecule has 0 saturated carbocycles. The molecule has 2 rings (SSSR count). The van der Waals surface area contributed by atoms with Crippen molar-refractivity contribution in [2.45, 2.75) is 72.0 Å². The maximum atomic E-state index is 11.6. The van der Waals surface area contributed by atoms with Crippen molar-refractivity contribution in [2.24, 2.45) is 0 Å². The van der Waals surface area contributed by atoms with Crippen molar-refractivity contribution in [3.05, 3.63) is 24.0 Å². The SMILES string of the molecule is CC.CC(C)(C)OC(=O)N1CCC[C@@H](O)C1.OC1=CCCC=C1. The van der Waals surface area contributed by atoms with E-state index >= 15 is 0 Å². The summed E-state index contributed by atoms with van der Waals surface area (Å²) in [4.78, 5) is 13.1. The van der Waals surface area contributed by atoms with Gasteiger partial charge < -0.3 is 19.8 Å². The number of ether oxygens (including phenoxy) is 1. The number of nitrogens with zero attached hydrogens (tertiary/aromatic N) is 1. The van der Waals surface area contributed by atoms with Gasteiger partial charge in [0.2, 0.25) is 0 Å². The first-order valence-electron chi connectivity index (χ1n) is 8.49. The number of likely N-dealkylation sites (tertiary alicyclic amines) is 1. The van der Waals surface area contributed by atoms with Gasteiger partial charge >= 0.3 is 6.09 Å². The molecular formula is C18H33NO4. The Morgan fingerprint density at radius 1 is 1.30 bits per heavy atom. The van der Waals surface area contributed by atoms with E-state index in [-0.39, 0.29) is 6.09 Å². The number of aliphatic hydroxyl groups excluding tert-OH is 2. The van der Waals surface area contributed by atoms with Crippen LogP contribution in [0.5, 0.6) is 0 Å². The fourth-order valence-electron chi connectivity index (χ4n) is 2.05. The van der Waals surface area contributed by atoms with E-state index in [0.717, 1.165) is 25.7 Å². The van der Waals surface area contributed by atoms with E-state index in [1.165, 1.54) is 0 Å². The minimum atomic E-state index is -0.459. The quantitative estimate of drug-likeness (QED) is 0.700. The fourth-order valence-corrected chi connectivity index (χ4v) is 2.05. The number of allylic oxidation sites excluding steroid dienone is 3. The van der Waals surface area contributed by atoms with Gasteiger partial charge in [0.25, 0.3) is 0 Å². The number of carbonyl (C=O) groups excluding carboxylic acids is 1. The van der Waals surface area contributed by atoms with Crippen LogP contribution < -0.4 is 0 Å². The highest BCUT2D eigenvalue weighted by molar-refractivity contribution is 5.68. The van der Waals surface area contributed by atoms with Gasteiger partial charge in [0.15, 0.2) is 0 Å². The lowest BCUT2D eigenvalue weighted by Crippen LogP contribution is -2.44. The lowest BCUT2D eigenvalue weighted by Gasteiger charge is -2.32. The van der Waals surface area contributed by atoms with Crippen LogP contribution in [0.15, 0.2) is 24.0 Å². The maximum Gasteiger partial charge on any atom is 0.410 e. The second kappa shape index (κ2) is 11.1. The van der Waals surface area contributed by atoms with Crippen LogP contribution in [0.1, 0.15) is 60.3 Å². The molecule has 1 aliphatic carbocycles. The zero-order valence-electron chi connectivity index (χ0n) is 15.2. The van der Waals surface area contributed by atoms with Gasteiger partial charge in [0.05, 0.1) is 6.10 Å². The Kier molecular flexibility index (Phi) is 10.4. The van der Waals surface area contributed by atoms with Crippen molar-refractivity contribution < 1.29 is 19.7 Å². The Morgan fingerprint density at radius 2 is 1.96 bits per heavy atom. The van der Waals surface area contributed by atoms with Gasteiger partial charge in [-0.05, 0) is 58.6 Å². The second-order valence-corrected chi connectivity index (χ2v) is 6.33. The van der Waals surface area contributed by atoms with Gasteiger partial charge in [-0.25, -0.2) is 4.79 Å². The molecule has 0 radical (unpaired) electrons. The van der Waals surface area contributed by atoms with Crippen molar-refractivity contribution in [3.8, 4) is 0 Å². The molecule has 2 aliphatic rings. The summed E-state index contributed by atoms with van der Waals surface area (Å²) in [6.45, 7) is 10.6. The predicted molar refractivity (Wildman–Crippen MR) is 93.5 cm³/mol. The molecule has 0 aromatic carbocycles. The summed E-state index contributed by atoms with van der Waals surface area (Å²) in [6, 6.07) is 0. The summed E-state index contributed by atoms with van der Waals surface area (Å²) in [5.74, 6) is 0.409. The van der Waals surface area contributed by atoms with E-state index in [4.69, 9.17) is 9.84 Å². The molecule has 1 fully saturated rings. The molecule has 5 nitrogen and oxygen atoms in total. The standard InChI is InChI=1S/C10H19NO3.C6H8O.C2H6/c1-10(2,3)14-9(13)11-6-4-5-8(12)7-11;7-6-4-2-1-3-5-6;1-2/h8,12H,4-7H2,1-3H3;2,4-5,7H,1,3H2;1-2H3/t8-;;/m1../s1. The van der Waals surface area contributed by atoms with Crippen LogP contribution in [0.4, 0.5) is 4.79 Å². The zero-order valence-corrected chi connectivity index (χ0v) is 15.2. The van der Waals surface area contributed by atoms with E-state index < -0.39 is 11.7 Å². The largest absolute Gasteiger partial charge is 0.508 e. The topological polar surface area (TPSA) is 70.0 Å². The summed E-state index contributed by atoms with van der Waals surface area (Å²) < 4.78 is 5.20. The van der Waals surface area contributed by atoms with Crippen LogP contribution >= 0.6 is 0 Å². The van der Waals surface area contributed by atoms with Crippen molar-refractivity contribution in [1.29, 1.82) is 0 Å². The van der Waals surface area contributed by atoms with E-state index in [1.807, 2.05) is 46.8 Å². The Labute approximate surface area is 140 Å². The van der Waals surface area contributed by atoms with Gasteiger partial charge in [0, 0.05) is 13.1 Å². The Hall–Kier alpha value is -1.49. The first-order valence-corrected chi connectivity index (χ1v) is 8.49. The minimum Gasteiger partial charge on any atom is -0.508 e. The molecule has 1 saturated heterocycles. The minimum absolute atomic E-state index is 0.323. The maximum absolute atomic E-state index is 11.6. The Bertz CT molecular complexity index is 396. The third-order valence-corrected chi connectivity index (χ3v) is 3.02. The van der Waals surface area contributed by atoms with Crippen LogP contribution in [0.2, 0.25) is 0 Å². The Morgan fingerprint density at radius 3 is 2.35 bits per heavy atom. The third-order valence-electron chi connectivity index (χ3n) is 3.02. The molecule has 23 heavy (non-hydrogen) atoms. The lowest BCUT2D eigenvalue weighted by atomic mass is 10.1. The number of rotatable bonds is 0. The lowest BCUT2D eigenvalue weighted by molar-refractivity contribution is 0.00391.